The van der Waals surface area contributed by atoms with Gasteiger partial charge in [-0.25, -0.2) is 4.98 Å². The van der Waals surface area contributed by atoms with Crippen LogP contribution in [0, 0.1) is 12.8 Å². The number of rotatable bonds is 15. The minimum atomic E-state index is -1.09. The number of hydrogen-bond acceptors (Lipinski definition) is 5. The van der Waals surface area contributed by atoms with Gasteiger partial charge in [0, 0.05) is 26.0 Å². The number of aldehydes is 1. The molecule has 1 rings (SSSR count). The lowest BCUT2D eigenvalue weighted by molar-refractivity contribution is -0.110. The molecule has 2 atom stereocenters. The smallest absolute Gasteiger partial charge is 0.147 e. The molecular formula is C24H41NO3SSi. The van der Waals surface area contributed by atoms with E-state index in [9.17, 15) is 4.79 Å². The van der Waals surface area contributed by atoms with Gasteiger partial charge in [-0.15, -0.1) is 11.3 Å². The molecule has 170 valence electrons. The van der Waals surface area contributed by atoms with Crippen LogP contribution in [-0.2, 0) is 14.3 Å². The van der Waals surface area contributed by atoms with Crippen molar-refractivity contribution in [1.82, 2.24) is 4.98 Å². The molecule has 0 aliphatic rings. The Kier molecular flexibility index (Phi) is 12.6. The maximum absolute atomic E-state index is 10.8. The van der Waals surface area contributed by atoms with Crippen LogP contribution in [0.15, 0.2) is 22.6 Å². The molecule has 0 radical (unpaired) electrons. The molecule has 0 aliphatic heterocycles. The van der Waals surface area contributed by atoms with Gasteiger partial charge in [0.2, 0.25) is 0 Å². The SMILES string of the molecule is C/C(=C/C[C@H](OCOCC[Si](C)(C)C)/C(C)=C/c1csc(C)n1)CCC[C@H](C)C=O. The third-order valence-corrected chi connectivity index (χ3v) is 7.51. The number of ether oxygens (including phenoxy) is 2. The fraction of sp³-hybridized carbons (Fsp3) is 0.667. The van der Waals surface area contributed by atoms with Crippen LogP contribution < -0.4 is 0 Å². The summed E-state index contributed by atoms with van der Waals surface area (Å²) in [6.45, 7) is 16.4. The summed E-state index contributed by atoms with van der Waals surface area (Å²) in [5.41, 5.74) is 3.50. The Balaban J connectivity index is 2.65. The highest BCUT2D eigenvalue weighted by atomic mass is 32.1. The molecule has 1 aromatic rings. The van der Waals surface area contributed by atoms with Gasteiger partial charge in [0.05, 0.1) is 16.8 Å². The average Bonchev–Trinajstić information content (AvgIpc) is 3.07. The van der Waals surface area contributed by atoms with E-state index in [2.05, 4.69) is 56.0 Å². The summed E-state index contributed by atoms with van der Waals surface area (Å²) in [7, 11) is -1.09. The quantitative estimate of drug-likeness (QED) is 0.0957. The van der Waals surface area contributed by atoms with Crippen LogP contribution in [0.2, 0.25) is 25.7 Å². The van der Waals surface area contributed by atoms with Crippen molar-refractivity contribution in [3.63, 3.8) is 0 Å². The van der Waals surface area contributed by atoms with E-state index in [1.807, 2.05) is 13.8 Å². The molecule has 0 bridgehead atoms. The zero-order chi connectivity index (χ0) is 22.6. The second-order valence-electron chi connectivity index (χ2n) is 9.46. The number of thiazole rings is 1. The number of aryl methyl sites for hydroxylation is 1. The van der Waals surface area contributed by atoms with Gasteiger partial charge in [-0.05, 0) is 64.1 Å². The number of hydrogen-bond donors (Lipinski definition) is 0. The van der Waals surface area contributed by atoms with Gasteiger partial charge in [0.25, 0.3) is 0 Å². The Bertz CT molecular complexity index is 691. The summed E-state index contributed by atoms with van der Waals surface area (Å²) in [5, 5.41) is 3.15. The summed E-state index contributed by atoms with van der Waals surface area (Å²) in [6, 6.07) is 1.15. The van der Waals surface area contributed by atoms with Gasteiger partial charge in [-0.3, -0.25) is 0 Å². The topological polar surface area (TPSA) is 48.4 Å². The fourth-order valence-electron chi connectivity index (χ4n) is 2.91. The predicted octanol–water partition coefficient (Wildman–Crippen LogP) is 6.89. The minimum absolute atomic E-state index is 0.0252. The van der Waals surface area contributed by atoms with Gasteiger partial charge >= 0.3 is 0 Å². The number of nitrogens with zero attached hydrogens (tertiary/aromatic N) is 1. The highest BCUT2D eigenvalue weighted by molar-refractivity contribution is 7.09. The first kappa shape index (κ1) is 27.0. The lowest BCUT2D eigenvalue weighted by Gasteiger charge is -2.19. The van der Waals surface area contributed by atoms with E-state index in [4.69, 9.17) is 9.47 Å². The van der Waals surface area contributed by atoms with Crippen LogP contribution in [0.4, 0.5) is 0 Å². The van der Waals surface area contributed by atoms with Crippen molar-refractivity contribution in [1.29, 1.82) is 0 Å². The number of allylic oxidation sites excluding steroid dienone is 1. The summed E-state index contributed by atoms with van der Waals surface area (Å²) < 4.78 is 11.9. The molecule has 0 fully saturated rings. The molecular weight excluding hydrogens is 410 g/mol. The summed E-state index contributed by atoms with van der Waals surface area (Å²) in [6.07, 6.45) is 9.22. The third-order valence-electron chi connectivity index (χ3n) is 5.01. The molecule has 0 amide bonds. The Labute approximate surface area is 188 Å². The molecule has 0 N–H and O–H groups in total. The highest BCUT2D eigenvalue weighted by Crippen LogP contribution is 2.20. The largest absolute Gasteiger partial charge is 0.356 e. The van der Waals surface area contributed by atoms with Gasteiger partial charge < -0.3 is 14.3 Å². The lowest BCUT2D eigenvalue weighted by Crippen LogP contribution is -2.23. The zero-order valence-electron chi connectivity index (χ0n) is 20.0. The second-order valence-corrected chi connectivity index (χ2v) is 16.1. The maximum Gasteiger partial charge on any atom is 0.147 e. The Morgan fingerprint density at radius 2 is 2.03 bits per heavy atom. The molecule has 0 spiro atoms. The summed E-state index contributed by atoms with van der Waals surface area (Å²) in [4.78, 5) is 15.3. The Morgan fingerprint density at radius 3 is 2.63 bits per heavy atom. The van der Waals surface area contributed by atoms with E-state index in [0.717, 1.165) is 60.9 Å². The second kappa shape index (κ2) is 14.1. The number of carbonyl (C=O) groups is 1. The molecule has 1 heterocycles. The van der Waals surface area contributed by atoms with Crippen LogP contribution in [0.25, 0.3) is 6.08 Å². The number of carbonyl (C=O) groups excluding carboxylic acids is 1. The van der Waals surface area contributed by atoms with Crippen LogP contribution >= 0.6 is 11.3 Å². The molecule has 0 saturated heterocycles. The monoisotopic (exact) mass is 451 g/mol. The van der Waals surface area contributed by atoms with Crippen molar-refractivity contribution in [2.45, 2.75) is 85.2 Å². The Hall–Kier alpha value is -1.08. The van der Waals surface area contributed by atoms with Crippen molar-refractivity contribution < 1.29 is 14.3 Å². The predicted molar refractivity (Wildman–Crippen MR) is 132 cm³/mol. The van der Waals surface area contributed by atoms with Crippen molar-refractivity contribution in [2.24, 2.45) is 5.92 Å². The highest BCUT2D eigenvalue weighted by Gasteiger charge is 2.14. The molecule has 4 nitrogen and oxygen atoms in total. The van der Waals surface area contributed by atoms with E-state index in [0.29, 0.717) is 6.79 Å². The third kappa shape index (κ3) is 12.6. The van der Waals surface area contributed by atoms with Crippen molar-refractivity contribution >= 4 is 31.8 Å². The van der Waals surface area contributed by atoms with E-state index in [1.54, 1.807) is 11.3 Å². The van der Waals surface area contributed by atoms with E-state index in [-0.39, 0.29) is 12.0 Å². The average molecular weight is 452 g/mol. The Morgan fingerprint density at radius 1 is 1.30 bits per heavy atom. The summed E-state index contributed by atoms with van der Waals surface area (Å²) in [5.74, 6) is 0.147. The normalized spacial score (nSPS) is 15.3. The van der Waals surface area contributed by atoms with E-state index >= 15 is 0 Å². The van der Waals surface area contributed by atoms with Crippen LogP contribution in [-0.4, -0.2) is 38.8 Å². The molecule has 1 aromatic heterocycles. The van der Waals surface area contributed by atoms with E-state index in [1.165, 1.54) is 5.57 Å². The molecule has 6 heteroatoms. The number of aromatic nitrogens is 1. The first-order valence-corrected chi connectivity index (χ1v) is 15.6. The molecule has 0 unspecified atom stereocenters. The standard InChI is InChI=1S/C24H41NO3SSi/c1-19(9-8-10-20(2)16-26)11-12-24(28-18-27-13-14-30(5,6)7)21(3)15-23-17-29-22(4)25-23/h11,15-17,20,24H,8-10,12-14,18H2,1-7H3/b19-11-,21-15+/t20-,24-/m0/s1. The van der Waals surface area contributed by atoms with Crippen molar-refractivity contribution in [3.05, 3.63) is 33.3 Å². The molecule has 30 heavy (non-hydrogen) atoms. The van der Waals surface area contributed by atoms with Crippen LogP contribution in [0.1, 0.15) is 57.2 Å². The molecule has 0 aliphatic carbocycles. The maximum atomic E-state index is 10.8. The molecule has 0 saturated carbocycles. The van der Waals surface area contributed by atoms with Crippen molar-refractivity contribution in [2.75, 3.05) is 13.4 Å². The lowest BCUT2D eigenvalue weighted by atomic mass is 10.0. The van der Waals surface area contributed by atoms with E-state index < -0.39 is 8.07 Å². The minimum Gasteiger partial charge on any atom is -0.356 e. The van der Waals surface area contributed by atoms with Crippen molar-refractivity contribution in [3.8, 4) is 0 Å². The zero-order valence-corrected chi connectivity index (χ0v) is 21.8. The summed E-state index contributed by atoms with van der Waals surface area (Å²) >= 11 is 1.66. The fourth-order valence-corrected chi connectivity index (χ4v) is 4.23. The van der Waals surface area contributed by atoms with Crippen LogP contribution in [0.5, 0.6) is 0 Å². The first-order valence-electron chi connectivity index (χ1n) is 11.0. The molecule has 0 aromatic carbocycles. The van der Waals surface area contributed by atoms with Gasteiger partial charge in [0.15, 0.2) is 0 Å². The van der Waals surface area contributed by atoms with Gasteiger partial charge in [-0.1, -0.05) is 38.2 Å². The van der Waals surface area contributed by atoms with Crippen LogP contribution in [0.3, 0.4) is 0 Å². The van der Waals surface area contributed by atoms with Gasteiger partial charge in [-0.2, -0.15) is 0 Å². The van der Waals surface area contributed by atoms with Gasteiger partial charge in [0.1, 0.15) is 13.1 Å². The first-order chi connectivity index (χ1) is 14.1.